The third kappa shape index (κ3) is 3.74. The third-order valence-electron chi connectivity index (χ3n) is 3.50. The van der Waals surface area contributed by atoms with Crippen LogP contribution in [0.5, 0.6) is 0 Å². The van der Waals surface area contributed by atoms with Crippen LogP contribution in [0.1, 0.15) is 27.2 Å². The summed E-state index contributed by atoms with van der Waals surface area (Å²) in [6.07, 6.45) is 1.26. The Balaban J connectivity index is 2.41. The first-order chi connectivity index (χ1) is 7.04. The summed E-state index contributed by atoms with van der Waals surface area (Å²) < 4.78 is 0. The van der Waals surface area contributed by atoms with E-state index in [1.165, 1.54) is 13.0 Å². The fourth-order valence-corrected chi connectivity index (χ4v) is 2.17. The van der Waals surface area contributed by atoms with Gasteiger partial charge in [-0.1, -0.05) is 13.8 Å². The Labute approximate surface area is 94.1 Å². The van der Waals surface area contributed by atoms with Gasteiger partial charge in [0.15, 0.2) is 0 Å². The van der Waals surface area contributed by atoms with E-state index in [4.69, 9.17) is 0 Å². The van der Waals surface area contributed by atoms with Gasteiger partial charge in [0.05, 0.1) is 6.61 Å². The molecule has 0 aromatic carbocycles. The van der Waals surface area contributed by atoms with Gasteiger partial charge >= 0.3 is 0 Å². The summed E-state index contributed by atoms with van der Waals surface area (Å²) in [5.74, 6) is 0.771. The first-order valence-electron chi connectivity index (χ1n) is 6.09. The van der Waals surface area contributed by atoms with Crippen LogP contribution in [0.2, 0.25) is 0 Å². The van der Waals surface area contributed by atoms with Gasteiger partial charge in [-0.2, -0.15) is 0 Å². The van der Waals surface area contributed by atoms with E-state index >= 15 is 0 Å². The summed E-state index contributed by atoms with van der Waals surface area (Å²) in [6.45, 7) is 10.4. The Morgan fingerprint density at radius 2 is 2.00 bits per heavy atom. The van der Waals surface area contributed by atoms with Crippen molar-refractivity contribution >= 4 is 0 Å². The van der Waals surface area contributed by atoms with Crippen molar-refractivity contribution in [2.24, 2.45) is 5.92 Å². The number of hydrogen-bond donors (Lipinski definition) is 1. The molecule has 15 heavy (non-hydrogen) atoms. The molecule has 90 valence electrons. The smallest absolute Gasteiger partial charge is 0.0599 e. The molecule has 0 bridgehead atoms. The minimum Gasteiger partial charge on any atom is -0.395 e. The quantitative estimate of drug-likeness (QED) is 0.757. The van der Waals surface area contributed by atoms with Gasteiger partial charge in [0.25, 0.3) is 0 Å². The first kappa shape index (κ1) is 12.9. The average molecular weight is 214 g/mol. The second kappa shape index (κ2) is 5.83. The molecule has 2 atom stereocenters. The lowest BCUT2D eigenvalue weighted by molar-refractivity contribution is 0.0207. The highest BCUT2D eigenvalue weighted by atomic mass is 16.3. The number of piperazine rings is 1. The molecule has 1 saturated heterocycles. The van der Waals surface area contributed by atoms with Gasteiger partial charge in [0.1, 0.15) is 0 Å². The average Bonchev–Trinajstić information content (AvgIpc) is 2.19. The molecule has 0 amide bonds. The Bertz CT molecular complexity index is 184. The Morgan fingerprint density at radius 1 is 1.33 bits per heavy atom. The molecule has 1 rings (SSSR count). The molecule has 1 aliphatic rings. The van der Waals surface area contributed by atoms with Crippen molar-refractivity contribution < 1.29 is 5.11 Å². The van der Waals surface area contributed by atoms with Crippen molar-refractivity contribution in [2.45, 2.75) is 39.3 Å². The molecule has 0 aliphatic carbocycles. The van der Waals surface area contributed by atoms with E-state index in [2.05, 4.69) is 37.6 Å². The van der Waals surface area contributed by atoms with Gasteiger partial charge in [0.2, 0.25) is 0 Å². The molecule has 0 saturated carbocycles. The fraction of sp³-hybridized carbons (Fsp3) is 1.00. The minimum absolute atomic E-state index is 0.277. The number of likely N-dealkylation sites (N-methyl/N-ethyl adjacent to an activating group) is 1. The molecule has 2 unspecified atom stereocenters. The largest absolute Gasteiger partial charge is 0.395 e. The normalized spacial score (nSPS) is 30.0. The van der Waals surface area contributed by atoms with E-state index < -0.39 is 0 Å². The molecule has 3 nitrogen and oxygen atoms in total. The predicted molar refractivity (Wildman–Crippen MR) is 64.0 cm³/mol. The van der Waals surface area contributed by atoms with Gasteiger partial charge in [-0.25, -0.2) is 0 Å². The van der Waals surface area contributed by atoms with Crippen molar-refractivity contribution in [3.05, 3.63) is 0 Å². The summed E-state index contributed by atoms with van der Waals surface area (Å²) in [6, 6.07) is 0.879. The Hall–Kier alpha value is -0.120. The second-order valence-corrected chi connectivity index (χ2v) is 5.29. The van der Waals surface area contributed by atoms with Gasteiger partial charge in [-0.3, -0.25) is 4.90 Å². The molecule has 3 heteroatoms. The molecule has 1 fully saturated rings. The van der Waals surface area contributed by atoms with Crippen molar-refractivity contribution in [3.63, 3.8) is 0 Å². The maximum Gasteiger partial charge on any atom is 0.0599 e. The highest BCUT2D eigenvalue weighted by Crippen LogP contribution is 2.14. The van der Waals surface area contributed by atoms with Crippen LogP contribution < -0.4 is 0 Å². The van der Waals surface area contributed by atoms with Gasteiger partial charge in [0, 0.05) is 25.2 Å². The maximum atomic E-state index is 9.31. The molecule has 1 heterocycles. The van der Waals surface area contributed by atoms with Gasteiger partial charge in [-0.15, -0.1) is 0 Å². The lowest BCUT2D eigenvalue weighted by Crippen LogP contribution is -2.57. The molecule has 0 aromatic rings. The van der Waals surface area contributed by atoms with E-state index in [1.54, 1.807) is 0 Å². The number of hydrogen-bond acceptors (Lipinski definition) is 3. The first-order valence-corrected chi connectivity index (χ1v) is 6.09. The zero-order valence-electron chi connectivity index (χ0n) is 10.6. The fourth-order valence-electron chi connectivity index (χ4n) is 2.17. The van der Waals surface area contributed by atoms with Gasteiger partial charge in [-0.05, 0) is 32.9 Å². The summed E-state index contributed by atoms with van der Waals surface area (Å²) >= 11 is 0. The van der Waals surface area contributed by atoms with Gasteiger partial charge < -0.3 is 10.0 Å². The van der Waals surface area contributed by atoms with E-state index in [9.17, 15) is 5.11 Å². The van der Waals surface area contributed by atoms with Crippen molar-refractivity contribution in [3.8, 4) is 0 Å². The van der Waals surface area contributed by atoms with Crippen LogP contribution in [0.3, 0.4) is 0 Å². The highest BCUT2D eigenvalue weighted by molar-refractivity contribution is 4.84. The van der Waals surface area contributed by atoms with Crippen LogP contribution in [0.25, 0.3) is 0 Å². The molecule has 1 aliphatic heterocycles. The highest BCUT2D eigenvalue weighted by Gasteiger charge is 2.28. The van der Waals surface area contributed by atoms with E-state index in [-0.39, 0.29) is 6.61 Å². The summed E-state index contributed by atoms with van der Waals surface area (Å²) in [5.41, 5.74) is 0. The predicted octanol–water partition coefficient (Wildman–Crippen LogP) is 1.03. The van der Waals surface area contributed by atoms with Crippen LogP contribution in [0.15, 0.2) is 0 Å². The molecular weight excluding hydrogens is 188 g/mol. The molecular formula is C12H26N2O. The zero-order chi connectivity index (χ0) is 11.4. The molecule has 0 aromatic heterocycles. The van der Waals surface area contributed by atoms with Crippen LogP contribution in [0, 0.1) is 5.92 Å². The third-order valence-corrected chi connectivity index (χ3v) is 3.50. The lowest BCUT2D eigenvalue weighted by Gasteiger charge is -2.43. The summed E-state index contributed by atoms with van der Waals surface area (Å²) in [4.78, 5) is 4.79. The van der Waals surface area contributed by atoms with Crippen molar-refractivity contribution in [2.75, 3.05) is 33.3 Å². The number of nitrogens with zero attached hydrogens (tertiary/aromatic N) is 2. The Morgan fingerprint density at radius 3 is 2.53 bits per heavy atom. The summed E-state index contributed by atoms with van der Waals surface area (Å²) in [5, 5.41) is 9.31. The number of aliphatic hydroxyl groups excluding tert-OH is 1. The van der Waals surface area contributed by atoms with Crippen molar-refractivity contribution in [1.82, 2.24) is 9.80 Å². The molecule has 0 spiro atoms. The summed E-state index contributed by atoms with van der Waals surface area (Å²) in [7, 11) is 2.12. The Kier molecular flexibility index (Phi) is 5.03. The zero-order valence-corrected chi connectivity index (χ0v) is 10.6. The molecule has 0 radical (unpaired) electrons. The van der Waals surface area contributed by atoms with E-state index in [0.717, 1.165) is 19.0 Å². The van der Waals surface area contributed by atoms with E-state index in [0.29, 0.717) is 12.1 Å². The monoisotopic (exact) mass is 214 g/mol. The van der Waals surface area contributed by atoms with Crippen LogP contribution in [0.4, 0.5) is 0 Å². The van der Waals surface area contributed by atoms with Crippen molar-refractivity contribution in [1.29, 1.82) is 0 Å². The van der Waals surface area contributed by atoms with Crippen LogP contribution in [-0.2, 0) is 0 Å². The second-order valence-electron chi connectivity index (χ2n) is 5.29. The van der Waals surface area contributed by atoms with E-state index in [1.807, 2.05) is 0 Å². The maximum absolute atomic E-state index is 9.31. The standard InChI is InChI=1S/C12H26N2O/c1-10(2)5-6-14-7-11(3)13(4)12(8-14)9-15/h10-12,15H,5-9H2,1-4H3. The number of rotatable bonds is 4. The number of aliphatic hydroxyl groups is 1. The van der Waals surface area contributed by atoms with Crippen LogP contribution >= 0.6 is 0 Å². The lowest BCUT2D eigenvalue weighted by atomic mass is 10.1. The SMILES string of the molecule is CC(C)CCN1CC(C)N(C)C(CO)C1. The van der Waals surface area contributed by atoms with Crippen LogP contribution in [-0.4, -0.2) is 60.3 Å². The topological polar surface area (TPSA) is 26.7 Å². The minimum atomic E-state index is 0.277. The molecule has 1 N–H and O–H groups in total.